The first-order chi connectivity index (χ1) is 17.0. The molecule has 0 radical (unpaired) electrons. The van der Waals surface area contributed by atoms with Crippen molar-refractivity contribution in [1.29, 1.82) is 5.26 Å². The van der Waals surface area contributed by atoms with Gasteiger partial charge in [-0.1, -0.05) is 65.8 Å². The lowest BCUT2D eigenvalue weighted by Crippen LogP contribution is -2.32. The van der Waals surface area contributed by atoms with E-state index in [0.717, 1.165) is 22.9 Å². The van der Waals surface area contributed by atoms with Gasteiger partial charge in [-0.3, -0.25) is 14.5 Å². The van der Waals surface area contributed by atoms with E-state index in [1.54, 1.807) is 12.1 Å². The van der Waals surface area contributed by atoms with E-state index in [9.17, 15) is 19.2 Å². The maximum absolute atomic E-state index is 13.5. The fraction of sp³-hybridized carbons (Fsp3) is 0.148. The third-order valence-corrected chi connectivity index (χ3v) is 6.98. The molecule has 0 bridgehead atoms. The summed E-state index contributed by atoms with van der Waals surface area (Å²) in [5.74, 6) is -1.29. The van der Waals surface area contributed by atoms with Crippen LogP contribution in [-0.2, 0) is 22.4 Å². The summed E-state index contributed by atoms with van der Waals surface area (Å²) in [5.41, 5.74) is 2.19. The van der Waals surface area contributed by atoms with Crippen LogP contribution in [0, 0.1) is 17.1 Å². The number of nitrogens with one attached hydrogen (secondary N) is 1. The number of hydrogen-bond donors (Lipinski definition) is 1. The van der Waals surface area contributed by atoms with Gasteiger partial charge >= 0.3 is 0 Å². The van der Waals surface area contributed by atoms with Crippen LogP contribution >= 0.6 is 23.4 Å². The minimum atomic E-state index is -0.559. The highest BCUT2D eigenvalue weighted by Crippen LogP contribution is 2.42. The zero-order valence-corrected chi connectivity index (χ0v) is 20.2. The van der Waals surface area contributed by atoms with E-state index in [2.05, 4.69) is 5.32 Å². The van der Waals surface area contributed by atoms with Crippen molar-refractivity contribution in [3.05, 3.63) is 111 Å². The second-order valence-electron chi connectivity index (χ2n) is 7.87. The van der Waals surface area contributed by atoms with E-state index in [-0.39, 0.29) is 16.5 Å². The highest BCUT2D eigenvalue weighted by atomic mass is 35.5. The molecule has 4 rings (SSSR count). The third-order valence-electron chi connectivity index (χ3n) is 5.47. The van der Waals surface area contributed by atoms with Gasteiger partial charge in [0.2, 0.25) is 5.91 Å². The lowest BCUT2D eigenvalue weighted by atomic mass is 10.1. The van der Waals surface area contributed by atoms with Crippen molar-refractivity contribution in [1.82, 2.24) is 5.32 Å². The molecule has 1 saturated heterocycles. The number of carbonyl (C=O) groups excluding carboxylic acids is 2. The monoisotopic (exact) mass is 505 g/mol. The molecule has 2 amide bonds. The first-order valence-electron chi connectivity index (χ1n) is 10.9. The van der Waals surface area contributed by atoms with Crippen molar-refractivity contribution in [3.63, 3.8) is 0 Å². The number of thioether (sulfide) groups is 1. The van der Waals surface area contributed by atoms with Gasteiger partial charge in [0.1, 0.15) is 22.5 Å². The third kappa shape index (κ3) is 5.91. The quantitative estimate of drug-likeness (QED) is 0.351. The standard InChI is InChI=1S/C27H21ClFN3O2S/c28-20-8-6-19(7-9-20)16-24-26(34)32(22-12-10-21(29)11-13-22)27(35-24)23(17-30)25(33)31-15-14-18-4-2-1-3-5-18/h1-13,24H,14-16H2,(H,31,33)/b27-23-/t24-/m1/s1. The van der Waals surface area contributed by atoms with Gasteiger partial charge in [-0.15, -0.1) is 0 Å². The normalized spacial score (nSPS) is 16.7. The van der Waals surface area contributed by atoms with E-state index in [1.165, 1.54) is 29.2 Å². The Morgan fingerprint density at radius 1 is 1.03 bits per heavy atom. The van der Waals surface area contributed by atoms with Crippen molar-refractivity contribution in [2.75, 3.05) is 11.4 Å². The van der Waals surface area contributed by atoms with Crippen LogP contribution in [0.2, 0.25) is 5.02 Å². The fourth-order valence-corrected chi connectivity index (χ4v) is 5.13. The molecule has 5 nitrogen and oxygen atoms in total. The summed E-state index contributed by atoms with van der Waals surface area (Å²) < 4.78 is 13.5. The van der Waals surface area contributed by atoms with E-state index in [4.69, 9.17) is 11.6 Å². The number of benzene rings is 3. The van der Waals surface area contributed by atoms with Gasteiger partial charge in [-0.05, 0) is 60.4 Å². The molecular formula is C27H21ClFN3O2S. The molecule has 35 heavy (non-hydrogen) atoms. The first-order valence-corrected chi connectivity index (χ1v) is 12.2. The number of carbonyl (C=O) groups is 2. The largest absolute Gasteiger partial charge is 0.351 e. The summed E-state index contributed by atoms with van der Waals surface area (Å²) in [4.78, 5) is 27.7. The van der Waals surface area contributed by atoms with E-state index < -0.39 is 17.0 Å². The van der Waals surface area contributed by atoms with Crippen LogP contribution in [0.4, 0.5) is 10.1 Å². The minimum absolute atomic E-state index is 0.153. The van der Waals surface area contributed by atoms with E-state index in [1.807, 2.05) is 48.5 Å². The molecule has 3 aromatic carbocycles. The first kappa shape index (κ1) is 24.5. The van der Waals surface area contributed by atoms with Gasteiger partial charge in [0.05, 0.1) is 5.25 Å². The average molecular weight is 506 g/mol. The summed E-state index contributed by atoms with van der Waals surface area (Å²) in [7, 11) is 0. The van der Waals surface area contributed by atoms with Crippen LogP contribution in [0.3, 0.4) is 0 Å². The highest BCUT2D eigenvalue weighted by Gasteiger charge is 2.40. The lowest BCUT2D eigenvalue weighted by molar-refractivity contribution is -0.117. The topological polar surface area (TPSA) is 73.2 Å². The lowest BCUT2D eigenvalue weighted by Gasteiger charge is -2.18. The Bertz CT molecular complexity index is 1290. The molecular weight excluding hydrogens is 485 g/mol. The maximum Gasteiger partial charge on any atom is 0.264 e. The van der Waals surface area contributed by atoms with Crippen LogP contribution in [0.15, 0.2) is 89.5 Å². The van der Waals surface area contributed by atoms with Crippen molar-refractivity contribution in [3.8, 4) is 6.07 Å². The summed E-state index contributed by atoms with van der Waals surface area (Å²) >= 11 is 7.13. The van der Waals surface area contributed by atoms with Crippen LogP contribution in [0.5, 0.6) is 0 Å². The van der Waals surface area contributed by atoms with Gasteiger partial charge < -0.3 is 5.32 Å². The number of halogens is 2. The maximum atomic E-state index is 13.5. The molecule has 176 valence electrons. The molecule has 0 saturated carbocycles. The number of hydrogen-bond acceptors (Lipinski definition) is 4. The van der Waals surface area contributed by atoms with Crippen molar-refractivity contribution >= 4 is 40.9 Å². The second-order valence-corrected chi connectivity index (χ2v) is 9.50. The van der Waals surface area contributed by atoms with Crippen LogP contribution in [-0.4, -0.2) is 23.6 Å². The SMILES string of the molecule is N#C/C(C(=O)NCCc1ccccc1)=C1/S[C@H](Cc2ccc(Cl)cc2)C(=O)N1c1ccc(F)cc1. The minimum Gasteiger partial charge on any atom is -0.351 e. The number of rotatable bonds is 7. The van der Waals surface area contributed by atoms with Gasteiger partial charge in [0.15, 0.2) is 0 Å². The Balaban J connectivity index is 1.61. The molecule has 0 spiro atoms. The molecule has 1 aliphatic heterocycles. The number of nitriles is 1. The van der Waals surface area contributed by atoms with Crippen molar-refractivity contribution < 1.29 is 14.0 Å². The Labute approximate surface area is 212 Å². The molecule has 1 heterocycles. The summed E-state index contributed by atoms with van der Waals surface area (Å²) in [6.07, 6.45) is 0.990. The highest BCUT2D eigenvalue weighted by molar-refractivity contribution is 8.05. The summed E-state index contributed by atoms with van der Waals surface area (Å²) in [5, 5.41) is 12.9. The van der Waals surface area contributed by atoms with Crippen LogP contribution in [0.25, 0.3) is 0 Å². The van der Waals surface area contributed by atoms with E-state index >= 15 is 0 Å². The molecule has 1 fully saturated rings. The number of anilines is 1. The smallest absolute Gasteiger partial charge is 0.264 e. The Kier molecular flexibility index (Phi) is 7.86. The molecule has 1 aliphatic rings. The summed E-state index contributed by atoms with van der Waals surface area (Å²) in [6.45, 7) is 0.338. The zero-order chi connectivity index (χ0) is 24.8. The Morgan fingerprint density at radius 3 is 2.37 bits per heavy atom. The van der Waals surface area contributed by atoms with E-state index in [0.29, 0.717) is 30.1 Å². The molecule has 3 aromatic rings. The average Bonchev–Trinajstić information content (AvgIpc) is 3.17. The molecule has 0 aliphatic carbocycles. The van der Waals surface area contributed by atoms with Gasteiger partial charge in [0.25, 0.3) is 5.91 Å². The molecule has 0 unspecified atom stereocenters. The Hall–Kier alpha value is -3.60. The molecule has 0 aromatic heterocycles. The van der Waals surface area contributed by atoms with Gasteiger partial charge in [-0.25, -0.2) is 4.39 Å². The van der Waals surface area contributed by atoms with Gasteiger partial charge in [0, 0.05) is 17.3 Å². The second kappa shape index (κ2) is 11.2. The zero-order valence-electron chi connectivity index (χ0n) is 18.6. The Morgan fingerprint density at radius 2 is 1.71 bits per heavy atom. The van der Waals surface area contributed by atoms with Crippen LogP contribution in [0.1, 0.15) is 11.1 Å². The van der Waals surface area contributed by atoms with Crippen molar-refractivity contribution in [2.24, 2.45) is 0 Å². The van der Waals surface area contributed by atoms with Gasteiger partial charge in [-0.2, -0.15) is 5.26 Å². The number of nitrogens with zero attached hydrogens (tertiary/aromatic N) is 2. The molecule has 1 atom stereocenters. The fourth-order valence-electron chi connectivity index (χ4n) is 3.70. The predicted octanol–water partition coefficient (Wildman–Crippen LogP) is 5.26. The van der Waals surface area contributed by atoms with Crippen LogP contribution < -0.4 is 10.2 Å². The molecule has 1 N–H and O–H groups in total. The summed E-state index contributed by atoms with van der Waals surface area (Å²) in [6, 6.07) is 24.2. The number of amides is 2. The van der Waals surface area contributed by atoms with Crippen molar-refractivity contribution in [2.45, 2.75) is 18.1 Å². The predicted molar refractivity (Wildman–Crippen MR) is 136 cm³/mol. The molecule has 8 heteroatoms.